The molecule has 1 unspecified atom stereocenters. The molecule has 0 N–H and O–H groups in total. The molecule has 2 amide bonds. The van der Waals surface area contributed by atoms with E-state index in [2.05, 4.69) is 35.6 Å². The van der Waals surface area contributed by atoms with E-state index in [9.17, 15) is 9.59 Å². The maximum atomic E-state index is 14.1. The second kappa shape index (κ2) is 9.01. The highest BCUT2D eigenvalue weighted by molar-refractivity contribution is 6.02. The lowest BCUT2D eigenvalue weighted by atomic mass is 9.66. The molecule has 0 saturated carbocycles. The molecule has 1 atom stereocenters. The lowest BCUT2D eigenvalue weighted by Gasteiger charge is -2.63. The monoisotopic (exact) mass is 454 g/mol. The largest absolute Gasteiger partial charge is 0.381 e. The number of likely N-dealkylation sites (N-methyl/N-ethyl adjacent to an activating group) is 1. The highest BCUT2D eigenvalue weighted by Gasteiger charge is 2.61. The van der Waals surface area contributed by atoms with Crippen molar-refractivity contribution >= 4 is 11.8 Å². The lowest BCUT2D eigenvalue weighted by molar-refractivity contribution is -0.146. The minimum absolute atomic E-state index is 0.0406. The summed E-state index contributed by atoms with van der Waals surface area (Å²) in [6, 6.07) is 7.87. The number of ether oxygens (including phenoxy) is 1. The van der Waals surface area contributed by atoms with Gasteiger partial charge in [0.15, 0.2) is 0 Å². The Labute approximate surface area is 197 Å². The summed E-state index contributed by atoms with van der Waals surface area (Å²) >= 11 is 0. The standard InChI is InChI=1S/C26H38N4O3/c1-19(2)30-24(31)22-7-5-4-6-21(22)23(25(32)29-12-10-27(3)11-13-29)26(30)17-28(18-26)16-20-8-14-33-15-9-20/h4-7,19-20,23H,8-18H2,1-3H3. The number of piperazine rings is 1. The average Bonchev–Trinajstić information content (AvgIpc) is 2.79. The maximum absolute atomic E-state index is 14.1. The molecule has 4 aliphatic heterocycles. The Morgan fingerprint density at radius 2 is 1.76 bits per heavy atom. The van der Waals surface area contributed by atoms with E-state index >= 15 is 0 Å². The van der Waals surface area contributed by atoms with Crippen LogP contribution >= 0.6 is 0 Å². The zero-order valence-corrected chi connectivity index (χ0v) is 20.3. The predicted molar refractivity (Wildman–Crippen MR) is 127 cm³/mol. The van der Waals surface area contributed by atoms with Crippen LogP contribution < -0.4 is 0 Å². The Bertz CT molecular complexity index is 883. The summed E-state index contributed by atoms with van der Waals surface area (Å²) < 4.78 is 5.54. The molecule has 0 aliphatic carbocycles. The molecular weight excluding hydrogens is 416 g/mol. The number of benzene rings is 1. The molecule has 1 aromatic carbocycles. The van der Waals surface area contributed by atoms with Gasteiger partial charge in [-0.05, 0) is 51.3 Å². The average molecular weight is 455 g/mol. The van der Waals surface area contributed by atoms with Gasteiger partial charge >= 0.3 is 0 Å². The summed E-state index contributed by atoms with van der Waals surface area (Å²) in [4.78, 5) is 36.7. The molecule has 1 spiro atoms. The van der Waals surface area contributed by atoms with Crippen molar-refractivity contribution < 1.29 is 14.3 Å². The SMILES string of the molecule is CC(C)N1C(=O)c2ccccc2C(C(=O)N2CCN(C)CC2)C12CN(CC1CCOCC1)C2. The first-order chi connectivity index (χ1) is 15.9. The summed E-state index contributed by atoms with van der Waals surface area (Å²) in [5.74, 6) is 0.610. The van der Waals surface area contributed by atoms with Gasteiger partial charge in [0.25, 0.3) is 5.91 Å². The summed E-state index contributed by atoms with van der Waals surface area (Å²) in [6.07, 6.45) is 2.20. The third kappa shape index (κ3) is 3.98. The highest BCUT2D eigenvalue weighted by Crippen LogP contribution is 2.48. The number of fused-ring (bicyclic) bond motifs is 1. The van der Waals surface area contributed by atoms with Crippen molar-refractivity contribution in [2.75, 3.05) is 66.1 Å². The Morgan fingerprint density at radius 3 is 2.42 bits per heavy atom. The lowest BCUT2D eigenvalue weighted by Crippen LogP contribution is -2.78. The number of hydrogen-bond acceptors (Lipinski definition) is 5. The first-order valence-electron chi connectivity index (χ1n) is 12.6. The summed E-state index contributed by atoms with van der Waals surface area (Å²) in [5.41, 5.74) is 1.16. The topological polar surface area (TPSA) is 56.3 Å². The third-order valence-corrected chi connectivity index (χ3v) is 8.17. The number of rotatable bonds is 4. The molecule has 0 aromatic heterocycles. The van der Waals surface area contributed by atoms with Gasteiger partial charge < -0.3 is 19.4 Å². The van der Waals surface area contributed by atoms with Gasteiger partial charge in [-0.3, -0.25) is 14.5 Å². The van der Waals surface area contributed by atoms with Crippen LogP contribution in [0.3, 0.4) is 0 Å². The Balaban J connectivity index is 1.48. The van der Waals surface area contributed by atoms with Crippen LogP contribution in [0.25, 0.3) is 0 Å². The van der Waals surface area contributed by atoms with Crippen LogP contribution in [0.2, 0.25) is 0 Å². The second-order valence-electron chi connectivity index (χ2n) is 10.7. The number of nitrogens with zero attached hydrogens (tertiary/aromatic N) is 4. The van der Waals surface area contributed by atoms with Gasteiger partial charge in [0.05, 0.1) is 11.5 Å². The fourth-order valence-corrected chi connectivity index (χ4v) is 6.51. The molecule has 180 valence electrons. The molecule has 1 aromatic rings. The van der Waals surface area contributed by atoms with Crippen LogP contribution in [0.1, 0.15) is 48.5 Å². The van der Waals surface area contributed by atoms with Gasteiger partial charge in [-0.2, -0.15) is 0 Å². The summed E-state index contributed by atoms with van der Waals surface area (Å²) in [6.45, 7) is 11.7. The molecule has 7 heteroatoms. The first-order valence-corrected chi connectivity index (χ1v) is 12.6. The molecule has 0 radical (unpaired) electrons. The van der Waals surface area contributed by atoms with Gasteiger partial charge in [0.2, 0.25) is 5.91 Å². The van der Waals surface area contributed by atoms with Crippen molar-refractivity contribution in [2.45, 2.75) is 44.2 Å². The molecule has 0 bridgehead atoms. The second-order valence-corrected chi connectivity index (χ2v) is 10.7. The van der Waals surface area contributed by atoms with Crippen LogP contribution in [-0.4, -0.2) is 109 Å². The van der Waals surface area contributed by atoms with Crippen LogP contribution in [0.15, 0.2) is 24.3 Å². The van der Waals surface area contributed by atoms with Gasteiger partial charge in [-0.15, -0.1) is 0 Å². The van der Waals surface area contributed by atoms with Gasteiger partial charge in [0, 0.05) is 70.6 Å². The van der Waals surface area contributed by atoms with Crippen molar-refractivity contribution in [1.29, 1.82) is 0 Å². The van der Waals surface area contributed by atoms with E-state index in [-0.39, 0.29) is 23.8 Å². The molecule has 4 aliphatic rings. The Morgan fingerprint density at radius 1 is 1.09 bits per heavy atom. The number of hydrogen-bond donors (Lipinski definition) is 0. The zero-order valence-electron chi connectivity index (χ0n) is 20.3. The van der Waals surface area contributed by atoms with Gasteiger partial charge in [-0.25, -0.2) is 0 Å². The number of amides is 2. The molecule has 33 heavy (non-hydrogen) atoms. The van der Waals surface area contributed by atoms with E-state index in [1.807, 2.05) is 29.2 Å². The molecule has 5 rings (SSSR count). The van der Waals surface area contributed by atoms with Crippen molar-refractivity contribution in [3.8, 4) is 0 Å². The fraction of sp³-hybridized carbons (Fsp3) is 0.692. The molecular formula is C26H38N4O3. The molecule has 4 heterocycles. The van der Waals surface area contributed by atoms with E-state index in [1.54, 1.807) is 0 Å². The number of carbonyl (C=O) groups is 2. The van der Waals surface area contributed by atoms with Crippen LogP contribution in [0, 0.1) is 5.92 Å². The fourth-order valence-electron chi connectivity index (χ4n) is 6.51. The number of likely N-dealkylation sites (tertiary alicyclic amines) is 1. The van der Waals surface area contributed by atoms with E-state index in [4.69, 9.17) is 4.74 Å². The predicted octanol–water partition coefficient (Wildman–Crippen LogP) is 1.89. The zero-order chi connectivity index (χ0) is 23.2. The van der Waals surface area contributed by atoms with Crippen molar-refractivity contribution in [3.05, 3.63) is 35.4 Å². The van der Waals surface area contributed by atoms with E-state index in [1.165, 1.54) is 0 Å². The van der Waals surface area contributed by atoms with E-state index in [0.29, 0.717) is 11.5 Å². The highest BCUT2D eigenvalue weighted by atomic mass is 16.5. The maximum Gasteiger partial charge on any atom is 0.254 e. The first kappa shape index (κ1) is 22.8. The van der Waals surface area contributed by atoms with Crippen molar-refractivity contribution in [1.82, 2.24) is 19.6 Å². The Kier molecular flexibility index (Phi) is 6.23. The normalized spacial score (nSPS) is 26.5. The number of carbonyl (C=O) groups excluding carboxylic acids is 2. The van der Waals surface area contributed by atoms with Crippen LogP contribution in [0.4, 0.5) is 0 Å². The minimum atomic E-state index is -0.467. The smallest absolute Gasteiger partial charge is 0.254 e. The molecule has 7 nitrogen and oxygen atoms in total. The summed E-state index contributed by atoms with van der Waals surface area (Å²) in [7, 11) is 2.11. The Hall–Kier alpha value is -1.96. The van der Waals surface area contributed by atoms with Crippen molar-refractivity contribution in [3.63, 3.8) is 0 Å². The minimum Gasteiger partial charge on any atom is -0.381 e. The molecule has 3 saturated heterocycles. The quantitative estimate of drug-likeness (QED) is 0.696. The third-order valence-electron chi connectivity index (χ3n) is 8.17. The van der Waals surface area contributed by atoms with E-state index < -0.39 is 5.54 Å². The van der Waals surface area contributed by atoms with Gasteiger partial charge in [-0.1, -0.05) is 18.2 Å². The summed E-state index contributed by atoms with van der Waals surface area (Å²) in [5, 5.41) is 0. The van der Waals surface area contributed by atoms with Crippen LogP contribution in [-0.2, 0) is 9.53 Å². The van der Waals surface area contributed by atoms with Crippen LogP contribution in [0.5, 0.6) is 0 Å². The molecule has 3 fully saturated rings. The van der Waals surface area contributed by atoms with Crippen molar-refractivity contribution in [2.24, 2.45) is 5.92 Å². The van der Waals surface area contributed by atoms with E-state index in [0.717, 1.165) is 77.4 Å². The van der Waals surface area contributed by atoms with Gasteiger partial charge in [0.1, 0.15) is 0 Å².